The number of nitriles is 1. The van der Waals surface area contributed by atoms with Crippen LogP contribution in [0.3, 0.4) is 0 Å². The van der Waals surface area contributed by atoms with Crippen molar-refractivity contribution in [1.82, 2.24) is 19.4 Å². The first-order chi connectivity index (χ1) is 55.5. The molecule has 17 nitrogen and oxygen atoms in total. The number of carbonyl (C=O) groups excluding carboxylic acids is 5. The van der Waals surface area contributed by atoms with E-state index in [0.717, 1.165) is 48.5 Å². The number of anilines is 5. The van der Waals surface area contributed by atoms with Crippen molar-refractivity contribution in [3.05, 3.63) is 342 Å². The number of hydrogen-bond donors (Lipinski definition) is 7. The molecule has 0 fully saturated rings. The normalized spacial score (nSPS) is 14.2. The molecule has 0 bridgehead atoms. The molecule has 0 spiro atoms. The molecule has 0 saturated carbocycles. The van der Waals surface area contributed by atoms with Crippen molar-refractivity contribution in [3.63, 3.8) is 0 Å². The molecule has 2 unspecified atom stereocenters. The molecule has 2 aliphatic heterocycles. The minimum absolute atomic E-state index is 0. The SMILES string of the molecule is CCC1(c2ccc(F)cc2)c2cc(F)ccc2NC(=O)N1CC(F)(F)F.Fc1cc[c-]cc1.N#Cc1cc(Cl)ccc1N.NCC(F)(F)F.Nc1ccc(Cl)cc1C(=O)c1ccc(F)cc1.O=C(c1ccc(F)cc1)c1cc(Cl)ccc1NC(=O)n1ccnc1.O=C1Nc2ccc(Cl)cc2C(O)(c2ccc(F)cc2)N1CC(F)(F)F.[2H]CI.[Br-].[Mg+2]. The standard InChI is InChI=1S/C18H15F5N2O.C17H11ClFN3O2.C16H11ClF4N2O2.C13H9ClFNO.C7H5ClN2.C6H4F.C2H4F3N.CH3I.BrH.Mg/c1-2-17(11-3-5-12(19)6-4-11)14-9-13(20)7-8-15(14)24-16(26)25(17)10-18(21,22)23;18-12-3-6-15(21-17(24)22-8-7-20-10-22)14(9-12)16(23)11-1-4-13(19)5-2-11;17-10-3-6-13-12(7-10)16(25,9-1-4-11(18)5-2-9)23(14(24)22-13)8-15(19,20)21;14-9-3-6-12(16)11(7-9)13(17)8-1-4-10(15)5-2-8;8-6-1-2-7(10)5(3-6)4-9;7-6-4-2-1-3-5-6;3-2(4,5)1-6;1-2;;/h3-9H,2,10H2,1H3,(H,24,26);1-10H,(H,21,24);1-7,25H,8H2,(H,22,24);1-7H,16H2;1-3H,10H2;2-5H;1,6H2;1H3;1H;/q;;;;;-1;;;;+2/p-1/i;;;;;;;1D;;. The summed E-state index contributed by atoms with van der Waals surface area (Å²) in [6.45, 7) is -2.87. The number of hydrogen-bond acceptors (Lipinski definition) is 11. The van der Waals surface area contributed by atoms with E-state index in [2.05, 4.69) is 32.7 Å². The zero-order chi connectivity index (χ0) is 87.6. The van der Waals surface area contributed by atoms with Gasteiger partial charge in [-0.2, -0.15) is 63.0 Å². The largest absolute Gasteiger partial charge is 2.00 e. The summed E-state index contributed by atoms with van der Waals surface area (Å²) < 4.78 is 196. The third-order valence-electron chi connectivity index (χ3n) is 16.1. The number of nitrogens with zero attached hydrogens (tertiary/aromatic N) is 5. The van der Waals surface area contributed by atoms with Gasteiger partial charge < -0.3 is 60.1 Å². The Balaban J connectivity index is 0.000000305. The summed E-state index contributed by atoms with van der Waals surface area (Å²) in [6, 6.07) is 48.9. The van der Waals surface area contributed by atoms with Gasteiger partial charge in [-0.3, -0.25) is 19.1 Å². The van der Waals surface area contributed by atoms with E-state index < -0.39 is 90.8 Å². The van der Waals surface area contributed by atoms with E-state index in [9.17, 15) is 94.9 Å². The summed E-state index contributed by atoms with van der Waals surface area (Å²) in [5, 5.41) is 28.4. The Hall–Kier alpha value is -10.1. The summed E-state index contributed by atoms with van der Waals surface area (Å²) in [5.41, 5.74) is 14.6. The van der Waals surface area contributed by atoms with Crippen molar-refractivity contribution in [3.8, 4) is 6.07 Å². The second-order valence-corrected chi connectivity index (χ2v) is 25.7. The number of fused-ring (bicyclic) bond motifs is 2. The Kier molecular flexibility index (Phi) is 38.3. The minimum atomic E-state index is -4.76. The Morgan fingerprint density at radius 2 is 0.975 bits per heavy atom. The Labute approximate surface area is 731 Å². The third-order valence-corrected chi connectivity index (χ3v) is 17.0. The van der Waals surface area contributed by atoms with Gasteiger partial charge in [0, 0.05) is 95.7 Å². The van der Waals surface area contributed by atoms with Crippen LogP contribution in [-0.4, -0.2) is 120 Å². The van der Waals surface area contributed by atoms with Crippen molar-refractivity contribution in [2.75, 3.05) is 52.0 Å². The maximum Gasteiger partial charge on any atom is 2.00 e. The number of rotatable bonds is 10. The number of nitrogens with one attached hydrogen (secondary N) is 3. The van der Waals surface area contributed by atoms with Crippen molar-refractivity contribution < 1.29 is 113 Å². The molecule has 0 saturated heterocycles. The molecule has 1 aromatic heterocycles. The molecule has 5 amide bonds. The second kappa shape index (κ2) is 45.9. The van der Waals surface area contributed by atoms with E-state index in [0.29, 0.717) is 58.6 Å². The summed E-state index contributed by atoms with van der Waals surface area (Å²) >= 11 is 25.2. The molecule has 11 aromatic rings. The number of imidazole rings is 1. The smallest absolute Gasteiger partial charge is 1.00 e. The second-order valence-electron chi connectivity index (χ2n) is 23.9. The van der Waals surface area contributed by atoms with Crippen LogP contribution in [0.2, 0.25) is 20.1 Å². The van der Waals surface area contributed by atoms with E-state index in [4.69, 9.17) is 64.5 Å². The quantitative estimate of drug-likeness (QED) is 0.0129. The fraction of sp³-hybridized carbons (Fsp3) is 0.138. The monoisotopic (exact) mass is 1930 g/mol. The van der Waals surface area contributed by atoms with Gasteiger partial charge in [0.2, 0.25) is 0 Å². The van der Waals surface area contributed by atoms with Crippen LogP contribution in [0, 0.1) is 52.3 Å². The number of aliphatic hydroxyl groups is 1. The molecule has 622 valence electrons. The zero-order valence-electron chi connectivity index (χ0n) is 62.1. The van der Waals surface area contributed by atoms with Crippen molar-refractivity contribution >= 4 is 150 Å². The van der Waals surface area contributed by atoms with E-state index in [1.807, 2.05) is 28.7 Å². The van der Waals surface area contributed by atoms with Crippen LogP contribution in [0.15, 0.2) is 231 Å². The van der Waals surface area contributed by atoms with Gasteiger partial charge >= 0.3 is 59.7 Å². The Morgan fingerprint density at radius 3 is 1.43 bits per heavy atom. The molecule has 10 aromatic carbocycles. The van der Waals surface area contributed by atoms with Gasteiger partial charge in [-0.05, 0) is 181 Å². The first-order valence-electron chi connectivity index (χ1n) is 33.8. The van der Waals surface area contributed by atoms with Gasteiger partial charge in [0.1, 0.15) is 54.6 Å². The average molecular weight is 1930 g/mol. The van der Waals surface area contributed by atoms with Crippen molar-refractivity contribution in [2.45, 2.75) is 43.1 Å². The van der Waals surface area contributed by atoms with E-state index in [1.54, 1.807) is 37.3 Å². The van der Waals surface area contributed by atoms with Crippen molar-refractivity contribution in [2.24, 2.45) is 5.73 Å². The fourth-order valence-electron chi connectivity index (χ4n) is 10.8. The van der Waals surface area contributed by atoms with E-state index >= 15 is 0 Å². The number of alkyl halides is 10. The fourth-order valence-corrected chi connectivity index (χ4v) is 11.5. The van der Waals surface area contributed by atoms with Gasteiger partial charge in [-0.25, -0.2) is 45.7 Å². The predicted molar refractivity (Wildman–Crippen MR) is 429 cm³/mol. The van der Waals surface area contributed by atoms with Crippen LogP contribution in [0.4, 0.5) is 109 Å². The van der Waals surface area contributed by atoms with Gasteiger partial charge in [0.15, 0.2) is 17.3 Å². The van der Waals surface area contributed by atoms with Gasteiger partial charge in [0.25, 0.3) is 0 Å². The summed E-state index contributed by atoms with van der Waals surface area (Å²) in [6.07, 6.45) is -9.28. The number of ketones is 2. The number of nitrogen functional groups attached to an aromatic ring is 2. The number of halogens is 21. The van der Waals surface area contributed by atoms with Crippen LogP contribution >= 0.6 is 69.0 Å². The molecule has 3 heterocycles. The van der Waals surface area contributed by atoms with E-state index in [-0.39, 0.29) is 124 Å². The first kappa shape index (κ1) is 99.4. The third kappa shape index (κ3) is 29.1. The van der Waals surface area contributed by atoms with Crippen LogP contribution in [0.5, 0.6) is 0 Å². The average Bonchev–Trinajstić information content (AvgIpc) is 1.24. The molecular formula is C80H62BrCl4F15IMgN11O6. The zero-order valence-corrected chi connectivity index (χ0v) is 69.3. The number of urea groups is 2. The Morgan fingerprint density at radius 1 is 0.571 bits per heavy atom. The molecule has 119 heavy (non-hydrogen) atoms. The van der Waals surface area contributed by atoms with Gasteiger partial charge in [-0.1, -0.05) is 100 Å². The van der Waals surface area contributed by atoms with Crippen LogP contribution in [0.1, 0.15) is 74.4 Å². The molecule has 39 heteroatoms. The van der Waals surface area contributed by atoms with Crippen LogP contribution in [0.25, 0.3) is 0 Å². The summed E-state index contributed by atoms with van der Waals surface area (Å²) in [7, 11) is 0. The molecule has 13 rings (SSSR count). The molecule has 0 radical (unpaired) electrons. The maximum atomic E-state index is 13.9. The van der Waals surface area contributed by atoms with Crippen LogP contribution in [-0.2, 0) is 11.3 Å². The van der Waals surface area contributed by atoms with Gasteiger partial charge in [0.05, 0.1) is 29.0 Å². The van der Waals surface area contributed by atoms with Crippen LogP contribution < -0.4 is 50.1 Å². The molecule has 0 aliphatic carbocycles. The number of carbonyl (C=O) groups is 5. The maximum absolute atomic E-state index is 13.9. The molecule has 10 N–H and O–H groups in total. The number of nitrogens with two attached hydrogens (primary N) is 3. The predicted octanol–water partition coefficient (Wildman–Crippen LogP) is 18.0. The molecular weight excluding hydrogens is 1870 g/mol. The van der Waals surface area contributed by atoms with E-state index in [1.165, 1.54) is 157 Å². The number of aromatic nitrogens is 2. The number of amides is 5. The minimum Gasteiger partial charge on any atom is -1.00 e. The summed E-state index contributed by atoms with van der Waals surface area (Å²) in [5.74, 6) is -3.54. The number of benzene rings is 10. The molecule has 2 atom stereocenters. The first-order valence-corrected chi connectivity index (χ1v) is 36.1. The van der Waals surface area contributed by atoms with Crippen molar-refractivity contribution in [1.29, 1.82) is 5.26 Å². The van der Waals surface area contributed by atoms with Gasteiger partial charge in [-0.15, -0.1) is 12.1 Å². The Bertz CT molecular complexity index is 5300. The molecule has 2 aliphatic rings. The topological polar surface area (TPSA) is 268 Å². The summed E-state index contributed by atoms with van der Waals surface area (Å²) in [4.78, 5) is 66.7.